The van der Waals surface area contributed by atoms with Crippen LogP contribution in [0.5, 0.6) is 0 Å². The molecule has 3 N–H and O–H groups in total. The molecule has 2 aromatic heterocycles. The van der Waals surface area contributed by atoms with Crippen LogP contribution in [0.2, 0.25) is 5.02 Å². The molecule has 0 unspecified atom stereocenters. The van der Waals surface area contributed by atoms with Gasteiger partial charge in [0.05, 0.1) is 28.3 Å². The number of nitrogen functional groups attached to an aromatic ring is 1. The summed E-state index contributed by atoms with van der Waals surface area (Å²) in [5, 5.41) is 2.71. The van der Waals surface area contributed by atoms with Gasteiger partial charge in [-0.2, -0.15) is 13.2 Å². The SMILES string of the molecule is CC(=O)NCc1cc2c(C3CC3)nc(-c3cc(N)cc(Cl)c3C(F)(F)F)c(F)c2n1C1CC1.CCCCC. The van der Waals surface area contributed by atoms with Crippen LogP contribution in [0, 0.1) is 5.82 Å². The lowest BCUT2D eigenvalue weighted by Gasteiger charge is -2.18. The van der Waals surface area contributed by atoms with Crippen LogP contribution in [0.3, 0.4) is 0 Å². The van der Waals surface area contributed by atoms with Crippen molar-refractivity contribution in [1.29, 1.82) is 0 Å². The van der Waals surface area contributed by atoms with E-state index in [0.717, 1.165) is 37.8 Å². The third-order valence-electron chi connectivity index (χ3n) is 6.79. The van der Waals surface area contributed by atoms with Crippen LogP contribution < -0.4 is 11.1 Å². The summed E-state index contributed by atoms with van der Waals surface area (Å²) in [5.41, 5.74) is 5.23. The quantitative estimate of drug-likeness (QED) is 0.229. The molecule has 2 heterocycles. The molecule has 0 bridgehead atoms. The van der Waals surface area contributed by atoms with Crippen molar-refractivity contribution in [2.75, 3.05) is 5.73 Å². The molecular formula is C28H33ClF4N4O. The molecule has 5 rings (SSSR count). The predicted molar refractivity (Wildman–Crippen MR) is 143 cm³/mol. The number of nitrogens with one attached hydrogen (secondary N) is 1. The van der Waals surface area contributed by atoms with Crippen molar-refractivity contribution < 1.29 is 22.4 Å². The van der Waals surface area contributed by atoms with Gasteiger partial charge in [-0.1, -0.05) is 44.7 Å². The summed E-state index contributed by atoms with van der Waals surface area (Å²) in [6.07, 6.45) is 2.56. The molecule has 0 saturated heterocycles. The molecule has 3 aromatic rings. The summed E-state index contributed by atoms with van der Waals surface area (Å²) in [7, 11) is 0. The Labute approximate surface area is 224 Å². The number of benzene rings is 1. The molecule has 0 radical (unpaired) electrons. The second-order valence-electron chi connectivity index (χ2n) is 10.1. The van der Waals surface area contributed by atoms with E-state index in [1.165, 1.54) is 26.2 Å². The van der Waals surface area contributed by atoms with E-state index in [2.05, 4.69) is 24.1 Å². The fraction of sp³-hybridized carbons (Fsp3) is 0.500. The first kappa shape index (κ1) is 28.2. The molecule has 2 aliphatic rings. The van der Waals surface area contributed by atoms with Crippen molar-refractivity contribution in [2.45, 2.75) is 90.4 Å². The van der Waals surface area contributed by atoms with Crippen LogP contribution in [0.1, 0.15) is 94.6 Å². The number of nitrogens with two attached hydrogens (primary N) is 1. The molecule has 38 heavy (non-hydrogen) atoms. The molecule has 2 aliphatic carbocycles. The Kier molecular flexibility index (Phi) is 8.26. The lowest BCUT2D eigenvalue weighted by Crippen LogP contribution is -2.20. The van der Waals surface area contributed by atoms with Crippen molar-refractivity contribution in [3.05, 3.63) is 46.0 Å². The average Bonchev–Trinajstić information content (AvgIpc) is 3.75. The first-order chi connectivity index (χ1) is 18.0. The molecule has 2 saturated carbocycles. The number of pyridine rings is 1. The highest BCUT2D eigenvalue weighted by atomic mass is 35.5. The molecule has 2 fully saturated rings. The number of alkyl halides is 3. The van der Waals surface area contributed by atoms with E-state index in [4.69, 9.17) is 17.3 Å². The van der Waals surface area contributed by atoms with E-state index < -0.39 is 33.8 Å². The number of hydrogen-bond acceptors (Lipinski definition) is 3. The second-order valence-corrected chi connectivity index (χ2v) is 10.5. The Bertz CT molecular complexity index is 1340. The zero-order chi connectivity index (χ0) is 27.8. The smallest absolute Gasteiger partial charge is 0.399 e. The van der Waals surface area contributed by atoms with Crippen molar-refractivity contribution in [3.63, 3.8) is 0 Å². The van der Waals surface area contributed by atoms with Gasteiger partial charge in [-0.05, 0) is 43.9 Å². The molecule has 5 nitrogen and oxygen atoms in total. The Morgan fingerprint density at radius 1 is 1.16 bits per heavy atom. The zero-order valence-corrected chi connectivity index (χ0v) is 22.6. The molecule has 0 aliphatic heterocycles. The summed E-state index contributed by atoms with van der Waals surface area (Å²) in [6, 6.07) is 3.90. The van der Waals surface area contributed by atoms with Crippen molar-refractivity contribution >= 4 is 34.1 Å². The first-order valence-corrected chi connectivity index (χ1v) is 13.5. The second kappa shape index (κ2) is 11.1. The van der Waals surface area contributed by atoms with Crippen LogP contribution in [-0.2, 0) is 17.5 Å². The molecule has 0 atom stereocenters. The van der Waals surface area contributed by atoms with E-state index in [9.17, 15) is 18.0 Å². The largest absolute Gasteiger partial charge is 0.418 e. The van der Waals surface area contributed by atoms with Crippen LogP contribution in [0.15, 0.2) is 18.2 Å². The minimum absolute atomic E-state index is 0.0128. The fourth-order valence-electron chi connectivity index (χ4n) is 4.74. The summed E-state index contributed by atoms with van der Waals surface area (Å²) in [4.78, 5) is 15.9. The minimum atomic E-state index is -4.82. The average molecular weight is 553 g/mol. The van der Waals surface area contributed by atoms with E-state index in [1.807, 2.05) is 0 Å². The van der Waals surface area contributed by atoms with E-state index in [-0.39, 0.29) is 35.6 Å². The number of amides is 1. The van der Waals surface area contributed by atoms with Gasteiger partial charge in [0, 0.05) is 41.2 Å². The normalized spacial score (nSPS) is 15.4. The third-order valence-corrected chi connectivity index (χ3v) is 7.09. The van der Waals surface area contributed by atoms with Crippen LogP contribution in [0.25, 0.3) is 22.2 Å². The predicted octanol–water partition coefficient (Wildman–Crippen LogP) is 8.14. The number of anilines is 1. The van der Waals surface area contributed by atoms with Crippen LogP contribution in [-0.4, -0.2) is 15.5 Å². The minimum Gasteiger partial charge on any atom is -0.399 e. The third kappa shape index (κ3) is 5.92. The zero-order valence-electron chi connectivity index (χ0n) is 21.8. The number of aromatic nitrogens is 2. The summed E-state index contributed by atoms with van der Waals surface area (Å²) < 4.78 is 59.7. The molecule has 0 spiro atoms. The summed E-state index contributed by atoms with van der Waals surface area (Å²) >= 11 is 5.93. The fourth-order valence-corrected chi connectivity index (χ4v) is 5.08. The number of carbonyl (C=O) groups is 1. The van der Waals surface area contributed by atoms with Gasteiger partial charge in [-0.3, -0.25) is 4.79 Å². The number of fused-ring (bicyclic) bond motifs is 1. The van der Waals surface area contributed by atoms with Crippen LogP contribution >= 0.6 is 11.6 Å². The maximum absolute atomic E-state index is 16.1. The van der Waals surface area contributed by atoms with Gasteiger partial charge in [0.25, 0.3) is 0 Å². The standard InChI is InChI=1S/C23H21ClF4N4O.C5H12/c1-10(33)30-9-14-8-16-20(11-2-3-11)31-21(19(25)22(16)32(14)13-4-5-13)15-6-12(29)7-17(24)18(15)23(26,27)28;1-3-5-4-2/h6-8,11,13H,2-5,9,29H2,1H3,(H,30,33);3-5H2,1-2H3. The van der Waals surface area contributed by atoms with Gasteiger partial charge in [0.2, 0.25) is 5.91 Å². The molecular weight excluding hydrogens is 520 g/mol. The van der Waals surface area contributed by atoms with Crippen molar-refractivity contribution in [1.82, 2.24) is 14.9 Å². The summed E-state index contributed by atoms with van der Waals surface area (Å²) in [5.74, 6) is -1.03. The Hall–Kier alpha value is -2.81. The topological polar surface area (TPSA) is 72.9 Å². The number of hydrogen-bond donors (Lipinski definition) is 2. The number of rotatable bonds is 7. The van der Waals surface area contributed by atoms with E-state index in [1.54, 1.807) is 10.6 Å². The molecule has 1 aromatic carbocycles. The van der Waals surface area contributed by atoms with Gasteiger partial charge < -0.3 is 15.6 Å². The highest BCUT2D eigenvalue weighted by Gasteiger charge is 2.40. The maximum Gasteiger partial charge on any atom is 0.418 e. The van der Waals surface area contributed by atoms with Gasteiger partial charge in [0.15, 0.2) is 5.82 Å². The summed E-state index contributed by atoms with van der Waals surface area (Å²) in [6.45, 7) is 6.01. The molecule has 206 valence electrons. The number of halogens is 5. The van der Waals surface area contributed by atoms with Gasteiger partial charge in [0.1, 0.15) is 5.69 Å². The highest BCUT2D eigenvalue weighted by molar-refractivity contribution is 6.32. The van der Waals surface area contributed by atoms with E-state index >= 15 is 4.39 Å². The molecule has 10 heteroatoms. The van der Waals surface area contributed by atoms with Crippen molar-refractivity contribution in [3.8, 4) is 11.3 Å². The van der Waals surface area contributed by atoms with Gasteiger partial charge >= 0.3 is 6.18 Å². The number of nitrogens with zero attached hydrogens (tertiary/aromatic N) is 2. The molecule has 1 amide bonds. The Balaban J connectivity index is 0.000000617. The maximum atomic E-state index is 16.1. The first-order valence-electron chi connectivity index (χ1n) is 13.1. The highest BCUT2D eigenvalue weighted by Crippen LogP contribution is 2.49. The Morgan fingerprint density at radius 2 is 1.82 bits per heavy atom. The number of carbonyl (C=O) groups excluding carboxylic acids is 1. The van der Waals surface area contributed by atoms with Crippen LogP contribution in [0.4, 0.5) is 23.2 Å². The van der Waals surface area contributed by atoms with Gasteiger partial charge in [-0.15, -0.1) is 0 Å². The van der Waals surface area contributed by atoms with Crippen molar-refractivity contribution in [2.24, 2.45) is 0 Å². The van der Waals surface area contributed by atoms with E-state index in [0.29, 0.717) is 16.8 Å². The lowest BCUT2D eigenvalue weighted by atomic mass is 10.00. The number of unbranched alkanes of at least 4 members (excludes halogenated alkanes) is 2. The monoisotopic (exact) mass is 552 g/mol. The lowest BCUT2D eigenvalue weighted by molar-refractivity contribution is -0.137. The Morgan fingerprint density at radius 3 is 2.32 bits per heavy atom. The van der Waals surface area contributed by atoms with Gasteiger partial charge in [-0.25, -0.2) is 9.37 Å².